The lowest BCUT2D eigenvalue weighted by molar-refractivity contribution is 0.241. The Morgan fingerprint density at radius 3 is 2.73 bits per heavy atom. The Balaban J connectivity index is 2.50. The predicted octanol–water partition coefficient (Wildman–Crippen LogP) is 1.99. The van der Waals surface area contributed by atoms with Crippen molar-refractivity contribution >= 4 is 0 Å². The third kappa shape index (κ3) is 4.32. The van der Waals surface area contributed by atoms with E-state index in [0.717, 1.165) is 12.3 Å². The zero-order chi connectivity index (χ0) is 11.3. The van der Waals surface area contributed by atoms with Gasteiger partial charge in [0.2, 0.25) is 0 Å². The summed E-state index contributed by atoms with van der Waals surface area (Å²) in [5, 5.41) is 1.62. The maximum Gasteiger partial charge on any atom is 0.119 e. The first-order chi connectivity index (χ1) is 7.09. The van der Waals surface area contributed by atoms with Crippen LogP contribution in [0.5, 0.6) is 5.75 Å². The number of benzene rings is 1. The number of hydrogen-bond donors (Lipinski definition) is 1. The van der Waals surface area contributed by atoms with Crippen LogP contribution >= 0.6 is 0 Å². The molecule has 0 aliphatic rings. The predicted molar refractivity (Wildman–Crippen MR) is 62.8 cm³/mol. The van der Waals surface area contributed by atoms with E-state index in [1.807, 2.05) is 19.2 Å². The van der Waals surface area contributed by atoms with Gasteiger partial charge in [0.1, 0.15) is 12.4 Å². The van der Waals surface area contributed by atoms with Gasteiger partial charge in [0.05, 0.1) is 0 Å². The molecule has 84 valence electrons. The average molecular weight is 208 g/mol. The Kier molecular flexibility index (Phi) is 4.59. The zero-order valence-corrected chi connectivity index (χ0v) is 9.73. The van der Waals surface area contributed by atoms with Crippen LogP contribution < -0.4 is 10.6 Å². The largest absolute Gasteiger partial charge is 0.492 e. The van der Waals surface area contributed by atoms with Crippen LogP contribution in [0.25, 0.3) is 0 Å². The standard InChI is InChI=1S/C12H20N2O/c1-10(2)11-5-4-6-12(9-11)15-8-7-14(3)13/h4-6,9-10H,7-8,13H2,1-3H3. The molecule has 0 aromatic heterocycles. The van der Waals surface area contributed by atoms with Gasteiger partial charge in [0, 0.05) is 13.6 Å². The van der Waals surface area contributed by atoms with Gasteiger partial charge in [-0.15, -0.1) is 0 Å². The van der Waals surface area contributed by atoms with Crippen molar-refractivity contribution in [1.29, 1.82) is 0 Å². The van der Waals surface area contributed by atoms with Gasteiger partial charge >= 0.3 is 0 Å². The summed E-state index contributed by atoms with van der Waals surface area (Å²) >= 11 is 0. The number of hydrazine groups is 1. The minimum atomic E-state index is 0.533. The first-order valence-electron chi connectivity index (χ1n) is 5.28. The van der Waals surface area contributed by atoms with E-state index in [1.54, 1.807) is 5.01 Å². The lowest BCUT2D eigenvalue weighted by Gasteiger charge is -2.12. The summed E-state index contributed by atoms with van der Waals surface area (Å²) in [5.74, 6) is 6.94. The van der Waals surface area contributed by atoms with Crippen molar-refractivity contribution in [3.63, 3.8) is 0 Å². The minimum absolute atomic E-state index is 0.533. The molecule has 2 N–H and O–H groups in total. The molecule has 0 atom stereocenters. The maximum absolute atomic E-state index is 5.59. The molecule has 0 fully saturated rings. The molecule has 0 saturated carbocycles. The van der Waals surface area contributed by atoms with E-state index >= 15 is 0 Å². The lowest BCUT2D eigenvalue weighted by Crippen LogP contribution is -2.30. The van der Waals surface area contributed by atoms with Crippen LogP contribution in [0.2, 0.25) is 0 Å². The molecular weight excluding hydrogens is 188 g/mol. The second-order valence-electron chi connectivity index (χ2n) is 4.06. The second kappa shape index (κ2) is 5.73. The van der Waals surface area contributed by atoms with Crippen LogP contribution in [0, 0.1) is 0 Å². The van der Waals surface area contributed by atoms with Gasteiger partial charge in [0.15, 0.2) is 0 Å². The van der Waals surface area contributed by atoms with Crippen molar-refractivity contribution in [2.75, 3.05) is 20.2 Å². The fourth-order valence-corrected chi connectivity index (χ4v) is 1.27. The molecule has 15 heavy (non-hydrogen) atoms. The summed E-state index contributed by atoms with van der Waals surface area (Å²) < 4.78 is 5.59. The number of ether oxygens (including phenoxy) is 1. The van der Waals surface area contributed by atoms with Gasteiger partial charge in [-0.25, -0.2) is 5.01 Å². The van der Waals surface area contributed by atoms with Gasteiger partial charge < -0.3 is 4.74 Å². The molecular formula is C12H20N2O. The molecule has 0 aliphatic heterocycles. The van der Waals surface area contributed by atoms with Crippen LogP contribution in [-0.4, -0.2) is 25.2 Å². The topological polar surface area (TPSA) is 38.5 Å². The molecule has 0 amide bonds. The van der Waals surface area contributed by atoms with Crippen molar-refractivity contribution in [1.82, 2.24) is 5.01 Å². The van der Waals surface area contributed by atoms with Crippen molar-refractivity contribution in [3.05, 3.63) is 29.8 Å². The number of hydrogen-bond acceptors (Lipinski definition) is 3. The van der Waals surface area contributed by atoms with Gasteiger partial charge in [-0.05, 0) is 23.6 Å². The molecule has 0 aliphatic carbocycles. The second-order valence-corrected chi connectivity index (χ2v) is 4.06. The Morgan fingerprint density at radius 1 is 1.40 bits per heavy atom. The third-order valence-corrected chi connectivity index (χ3v) is 2.24. The van der Waals surface area contributed by atoms with E-state index in [2.05, 4.69) is 26.0 Å². The maximum atomic E-state index is 5.59. The molecule has 0 unspecified atom stereocenters. The molecule has 3 nitrogen and oxygen atoms in total. The first-order valence-corrected chi connectivity index (χ1v) is 5.28. The van der Waals surface area contributed by atoms with Crippen LogP contribution in [0.4, 0.5) is 0 Å². The Hall–Kier alpha value is -1.06. The van der Waals surface area contributed by atoms with Crippen molar-refractivity contribution < 1.29 is 4.74 Å². The number of nitrogens with zero attached hydrogens (tertiary/aromatic N) is 1. The Labute approximate surface area is 91.8 Å². The molecule has 1 aromatic carbocycles. The monoisotopic (exact) mass is 208 g/mol. The SMILES string of the molecule is CC(C)c1cccc(OCCN(C)N)c1. The number of likely N-dealkylation sites (N-methyl/N-ethyl adjacent to an activating group) is 1. The highest BCUT2D eigenvalue weighted by Gasteiger charge is 2.00. The minimum Gasteiger partial charge on any atom is -0.492 e. The van der Waals surface area contributed by atoms with Crippen molar-refractivity contribution in [2.24, 2.45) is 5.84 Å². The fourth-order valence-electron chi connectivity index (χ4n) is 1.27. The smallest absolute Gasteiger partial charge is 0.119 e. The van der Waals surface area contributed by atoms with Crippen LogP contribution in [0.15, 0.2) is 24.3 Å². The first kappa shape index (κ1) is 12.0. The van der Waals surface area contributed by atoms with Crippen LogP contribution in [0.1, 0.15) is 25.3 Å². The molecule has 0 saturated heterocycles. The molecule has 0 heterocycles. The molecule has 0 radical (unpaired) electrons. The molecule has 1 rings (SSSR count). The van der Waals surface area contributed by atoms with E-state index in [1.165, 1.54) is 5.56 Å². The van der Waals surface area contributed by atoms with Crippen molar-refractivity contribution in [2.45, 2.75) is 19.8 Å². The highest BCUT2D eigenvalue weighted by atomic mass is 16.5. The van der Waals surface area contributed by atoms with E-state index in [9.17, 15) is 0 Å². The number of rotatable bonds is 5. The average Bonchev–Trinajstić information content (AvgIpc) is 2.17. The van der Waals surface area contributed by atoms with Gasteiger partial charge in [0.25, 0.3) is 0 Å². The molecule has 3 heteroatoms. The quantitative estimate of drug-likeness (QED) is 0.594. The van der Waals surface area contributed by atoms with E-state index in [4.69, 9.17) is 10.6 Å². The van der Waals surface area contributed by atoms with E-state index in [-0.39, 0.29) is 0 Å². The van der Waals surface area contributed by atoms with Crippen LogP contribution in [0.3, 0.4) is 0 Å². The van der Waals surface area contributed by atoms with Gasteiger partial charge in [-0.1, -0.05) is 26.0 Å². The zero-order valence-electron chi connectivity index (χ0n) is 9.73. The molecule has 1 aromatic rings. The number of nitrogens with two attached hydrogens (primary N) is 1. The third-order valence-electron chi connectivity index (χ3n) is 2.24. The van der Waals surface area contributed by atoms with E-state index < -0.39 is 0 Å². The van der Waals surface area contributed by atoms with E-state index in [0.29, 0.717) is 12.5 Å². The summed E-state index contributed by atoms with van der Waals surface area (Å²) in [4.78, 5) is 0. The summed E-state index contributed by atoms with van der Waals surface area (Å²) in [7, 11) is 1.83. The molecule has 0 spiro atoms. The normalized spacial score (nSPS) is 11.1. The lowest BCUT2D eigenvalue weighted by atomic mass is 10.0. The fraction of sp³-hybridized carbons (Fsp3) is 0.500. The van der Waals surface area contributed by atoms with Gasteiger partial charge in [-0.2, -0.15) is 0 Å². The van der Waals surface area contributed by atoms with Crippen molar-refractivity contribution in [3.8, 4) is 5.75 Å². The Morgan fingerprint density at radius 2 is 2.13 bits per heavy atom. The van der Waals surface area contributed by atoms with Crippen LogP contribution in [-0.2, 0) is 0 Å². The summed E-state index contributed by atoms with van der Waals surface area (Å²) in [6.45, 7) is 5.69. The summed E-state index contributed by atoms with van der Waals surface area (Å²) in [6, 6.07) is 8.20. The van der Waals surface area contributed by atoms with Gasteiger partial charge in [-0.3, -0.25) is 5.84 Å². The summed E-state index contributed by atoms with van der Waals surface area (Å²) in [5.41, 5.74) is 1.30. The molecule has 0 bridgehead atoms. The highest BCUT2D eigenvalue weighted by Crippen LogP contribution is 2.19. The highest BCUT2D eigenvalue weighted by molar-refractivity contribution is 5.30. The Bertz CT molecular complexity index is 297. The summed E-state index contributed by atoms with van der Waals surface area (Å²) in [6.07, 6.45) is 0.